The highest BCUT2D eigenvalue weighted by Crippen LogP contribution is 2.39. The Bertz CT molecular complexity index is 1440. The molecule has 1 aliphatic rings. The molecule has 1 heterocycles. The highest BCUT2D eigenvalue weighted by atomic mass is 19.3. The summed E-state index contributed by atoms with van der Waals surface area (Å²) in [7, 11) is 0. The lowest BCUT2D eigenvalue weighted by Gasteiger charge is -2.24. The van der Waals surface area contributed by atoms with E-state index in [-0.39, 0.29) is 52.9 Å². The van der Waals surface area contributed by atoms with Crippen molar-refractivity contribution < 1.29 is 45.8 Å². The minimum absolute atomic E-state index is 0.0155. The summed E-state index contributed by atoms with van der Waals surface area (Å²) in [6.07, 6.45) is -0.161. The lowest BCUT2D eigenvalue weighted by Crippen LogP contribution is -2.27. The van der Waals surface area contributed by atoms with Crippen LogP contribution in [0.4, 0.5) is 22.4 Å². The first kappa shape index (κ1) is 30.7. The van der Waals surface area contributed by atoms with E-state index in [0.717, 1.165) is 18.9 Å². The molecule has 13 heteroatoms. The van der Waals surface area contributed by atoms with Crippen LogP contribution in [0.5, 0.6) is 11.5 Å². The van der Waals surface area contributed by atoms with E-state index in [1.54, 1.807) is 0 Å². The maximum absolute atomic E-state index is 14.2. The van der Waals surface area contributed by atoms with Crippen molar-refractivity contribution in [2.45, 2.75) is 59.3 Å². The average Bonchev–Trinajstić information content (AvgIpc) is 3.61. The molecule has 1 aromatic heterocycles. The summed E-state index contributed by atoms with van der Waals surface area (Å²) in [5.74, 6) is -2.54. The van der Waals surface area contributed by atoms with Crippen molar-refractivity contribution >= 4 is 12.0 Å². The molecule has 1 fully saturated rings. The Labute approximate surface area is 239 Å². The molecule has 226 valence electrons. The van der Waals surface area contributed by atoms with Gasteiger partial charge >= 0.3 is 12.7 Å². The number of nitrogens with zero attached hydrogens (tertiary/aromatic N) is 1. The molecule has 4 rings (SSSR count). The highest BCUT2D eigenvalue weighted by molar-refractivity contribution is 5.94. The van der Waals surface area contributed by atoms with Crippen LogP contribution in [0.25, 0.3) is 11.5 Å². The number of nitrogens with one attached hydrogen (secondary N) is 1. The topological polar surface area (TPSA) is 126 Å². The number of benzene rings is 2. The summed E-state index contributed by atoms with van der Waals surface area (Å²) in [5.41, 5.74) is 4.86. The van der Waals surface area contributed by atoms with Gasteiger partial charge in [-0.1, -0.05) is 26.8 Å². The maximum atomic E-state index is 14.2. The third-order valence-electron chi connectivity index (χ3n) is 6.25. The number of ether oxygens (including phenoxy) is 3. The summed E-state index contributed by atoms with van der Waals surface area (Å²) < 4.78 is 75.1. The number of carbonyl (C=O) groups is 2. The second-order valence-corrected chi connectivity index (χ2v) is 11.1. The average molecular weight is 594 g/mol. The third-order valence-corrected chi connectivity index (χ3v) is 6.25. The van der Waals surface area contributed by atoms with Crippen molar-refractivity contribution in [3.63, 3.8) is 0 Å². The normalized spacial score (nSPS) is 14.0. The molecule has 0 radical (unpaired) electrons. The molecule has 0 spiro atoms. The van der Waals surface area contributed by atoms with Crippen molar-refractivity contribution in [1.82, 2.24) is 10.3 Å². The second-order valence-electron chi connectivity index (χ2n) is 11.1. The van der Waals surface area contributed by atoms with Gasteiger partial charge in [0.05, 0.1) is 6.61 Å². The van der Waals surface area contributed by atoms with Gasteiger partial charge in [0.25, 0.3) is 5.91 Å². The number of alkyl halides is 2. The van der Waals surface area contributed by atoms with Crippen LogP contribution in [0.3, 0.4) is 0 Å². The molecule has 0 saturated heterocycles. The van der Waals surface area contributed by atoms with Gasteiger partial charge in [0, 0.05) is 23.7 Å². The van der Waals surface area contributed by atoms with Crippen LogP contribution in [-0.4, -0.2) is 30.2 Å². The first-order valence-corrected chi connectivity index (χ1v) is 13.2. The predicted molar refractivity (Wildman–Crippen MR) is 142 cm³/mol. The standard InChI is InChI=1S/C29H31F4N3O6/c1-29(2,3)12-22(41-28(34)38)24-23(25(37)35-13-17-6-8-18(30)11-19(17)31)36-26(42-24)16-7-9-20(40-27(32)33)21(10-16)39-14-15-4-5-15/h6-11,15,22,27H,4-5,12-14H2,1-3H3,(H2,34,38)(H,35,37)/t22-/m0/s1. The summed E-state index contributed by atoms with van der Waals surface area (Å²) in [6, 6.07) is 6.96. The summed E-state index contributed by atoms with van der Waals surface area (Å²) >= 11 is 0. The third kappa shape index (κ3) is 8.37. The fourth-order valence-corrected chi connectivity index (χ4v) is 4.08. The molecule has 0 bridgehead atoms. The molecule has 1 atom stereocenters. The largest absolute Gasteiger partial charge is 0.489 e. The van der Waals surface area contributed by atoms with Crippen molar-refractivity contribution in [2.75, 3.05) is 6.61 Å². The Morgan fingerprint density at radius 1 is 1.12 bits per heavy atom. The zero-order valence-corrected chi connectivity index (χ0v) is 23.2. The zero-order valence-electron chi connectivity index (χ0n) is 23.2. The monoisotopic (exact) mass is 593 g/mol. The van der Waals surface area contributed by atoms with Crippen LogP contribution >= 0.6 is 0 Å². The Kier molecular flexibility index (Phi) is 9.27. The first-order chi connectivity index (χ1) is 19.8. The smallest absolute Gasteiger partial charge is 0.405 e. The maximum Gasteiger partial charge on any atom is 0.405 e. The van der Waals surface area contributed by atoms with Crippen LogP contribution in [0.2, 0.25) is 0 Å². The lowest BCUT2D eigenvalue weighted by molar-refractivity contribution is -0.0515. The number of oxazole rings is 1. The fraction of sp³-hybridized carbons (Fsp3) is 0.414. The summed E-state index contributed by atoms with van der Waals surface area (Å²) in [6.45, 7) is 2.50. The van der Waals surface area contributed by atoms with Gasteiger partial charge in [0.1, 0.15) is 11.6 Å². The predicted octanol–water partition coefficient (Wildman–Crippen LogP) is 6.51. The van der Waals surface area contributed by atoms with E-state index < -0.39 is 41.8 Å². The number of carbonyl (C=O) groups excluding carboxylic acids is 2. The number of amides is 2. The minimum atomic E-state index is -3.09. The Morgan fingerprint density at radius 3 is 2.48 bits per heavy atom. The molecule has 9 nitrogen and oxygen atoms in total. The van der Waals surface area contributed by atoms with Crippen molar-refractivity contribution in [3.8, 4) is 23.0 Å². The van der Waals surface area contributed by atoms with E-state index >= 15 is 0 Å². The van der Waals surface area contributed by atoms with Crippen molar-refractivity contribution in [3.05, 3.63) is 65.1 Å². The molecule has 2 amide bonds. The van der Waals surface area contributed by atoms with Gasteiger partial charge in [0.2, 0.25) is 5.89 Å². The van der Waals surface area contributed by atoms with E-state index in [0.29, 0.717) is 18.6 Å². The molecule has 1 saturated carbocycles. The van der Waals surface area contributed by atoms with Crippen LogP contribution in [0.15, 0.2) is 40.8 Å². The Balaban J connectivity index is 1.72. The van der Waals surface area contributed by atoms with Gasteiger partial charge in [0.15, 0.2) is 29.1 Å². The molecular weight excluding hydrogens is 562 g/mol. The number of halogens is 4. The van der Waals surface area contributed by atoms with E-state index in [9.17, 15) is 27.2 Å². The highest BCUT2D eigenvalue weighted by Gasteiger charge is 2.33. The van der Waals surface area contributed by atoms with Crippen molar-refractivity contribution in [2.24, 2.45) is 17.1 Å². The zero-order chi connectivity index (χ0) is 30.6. The summed E-state index contributed by atoms with van der Waals surface area (Å²) in [4.78, 5) is 29.4. The van der Waals surface area contributed by atoms with Crippen molar-refractivity contribution in [1.29, 1.82) is 0 Å². The molecule has 2 aromatic carbocycles. The number of nitrogens with two attached hydrogens (primary N) is 1. The van der Waals surface area contributed by atoms with Gasteiger partial charge in [-0.05, 0) is 54.9 Å². The minimum Gasteiger partial charge on any atom is -0.489 e. The van der Waals surface area contributed by atoms with E-state index in [4.69, 9.17) is 19.6 Å². The van der Waals surface area contributed by atoms with Gasteiger partial charge in [-0.15, -0.1) is 0 Å². The molecule has 0 unspecified atom stereocenters. The molecular formula is C29H31F4N3O6. The number of hydrogen-bond donors (Lipinski definition) is 2. The van der Waals surface area contributed by atoms with E-state index in [1.807, 2.05) is 20.8 Å². The van der Waals surface area contributed by atoms with Gasteiger partial charge in [-0.3, -0.25) is 4.79 Å². The van der Waals surface area contributed by atoms with Gasteiger partial charge < -0.3 is 29.7 Å². The van der Waals surface area contributed by atoms with Gasteiger partial charge in [-0.2, -0.15) is 8.78 Å². The van der Waals surface area contributed by atoms with Crippen LogP contribution in [0, 0.1) is 23.0 Å². The van der Waals surface area contributed by atoms with E-state index in [1.165, 1.54) is 24.3 Å². The van der Waals surface area contributed by atoms with Crippen LogP contribution in [0.1, 0.15) is 67.9 Å². The number of primary amides is 1. The molecule has 1 aliphatic carbocycles. The van der Waals surface area contributed by atoms with E-state index in [2.05, 4.69) is 15.0 Å². The number of hydrogen-bond acceptors (Lipinski definition) is 7. The molecule has 3 N–H and O–H groups in total. The fourth-order valence-electron chi connectivity index (χ4n) is 4.08. The SMILES string of the molecule is CC(C)(C)C[C@H](OC(N)=O)c1oc(-c2ccc(OC(F)F)c(OCC3CC3)c2)nc1C(=O)NCc1ccc(F)cc1F. The molecule has 3 aromatic rings. The Hall–Kier alpha value is -4.29. The quantitative estimate of drug-likeness (QED) is 0.229. The molecule has 42 heavy (non-hydrogen) atoms. The number of rotatable bonds is 12. The van der Waals surface area contributed by atoms with Crippen LogP contribution < -0.4 is 20.5 Å². The summed E-state index contributed by atoms with van der Waals surface area (Å²) in [5, 5.41) is 2.51. The Morgan fingerprint density at radius 2 is 1.86 bits per heavy atom. The first-order valence-electron chi connectivity index (χ1n) is 13.2. The number of aromatic nitrogens is 1. The van der Waals surface area contributed by atoms with Gasteiger partial charge in [-0.25, -0.2) is 18.6 Å². The second kappa shape index (κ2) is 12.7. The van der Waals surface area contributed by atoms with Crippen LogP contribution in [-0.2, 0) is 11.3 Å². The lowest BCUT2D eigenvalue weighted by atomic mass is 9.88. The molecule has 0 aliphatic heterocycles.